The maximum Gasteiger partial charge on any atom is 0.0955 e. The van der Waals surface area contributed by atoms with Gasteiger partial charge in [-0.25, -0.2) is 4.98 Å². The Labute approximate surface area is 95.1 Å². The van der Waals surface area contributed by atoms with Gasteiger partial charge in [-0.15, -0.1) is 24.8 Å². The van der Waals surface area contributed by atoms with Crippen molar-refractivity contribution >= 4 is 35.8 Å². The van der Waals surface area contributed by atoms with Crippen LogP contribution in [0.15, 0.2) is 24.5 Å². The number of para-hydroxylation sites is 1. The molecule has 0 unspecified atom stereocenters. The van der Waals surface area contributed by atoms with E-state index in [9.17, 15) is 0 Å². The predicted molar refractivity (Wildman–Crippen MR) is 63.1 cm³/mol. The summed E-state index contributed by atoms with van der Waals surface area (Å²) in [4.78, 5) is 4.23. The number of imidazole rings is 1. The average Bonchev–Trinajstić information content (AvgIpc) is 2.48. The molecule has 1 heterocycles. The fourth-order valence-corrected chi connectivity index (χ4v) is 1.46. The molecule has 0 fully saturated rings. The molecule has 5 heteroatoms. The summed E-state index contributed by atoms with van der Waals surface area (Å²) in [6.07, 6.45) is 1.81. The van der Waals surface area contributed by atoms with E-state index in [2.05, 4.69) is 4.98 Å². The second-order valence-electron chi connectivity index (χ2n) is 2.84. The molecule has 1 aromatic heterocycles. The number of nitrogens with two attached hydrogens (primary N) is 1. The van der Waals surface area contributed by atoms with Crippen molar-refractivity contribution in [3.05, 3.63) is 30.1 Å². The molecule has 0 aliphatic carbocycles. The Morgan fingerprint density at radius 3 is 2.71 bits per heavy atom. The number of nitrogens with zero attached hydrogens (tertiary/aromatic N) is 2. The maximum absolute atomic E-state index is 5.60. The molecule has 0 bridgehead atoms. The summed E-state index contributed by atoms with van der Waals surface area (Å²) in [5.74, 6) is 0. The summed E-state index contributed by atoms with van der Waals surface area (Å²) in [7, 11) is 1.98. The summed E-state index contributed by atoms with van der Waals surface area (Å²) in [5, 5.41) is 0. The molecular formula is C9H13Cl2N3. The fraction of sp³-hybridized carbons (Fsp3) is 0.222. The molecule has 0 aliphatic rings. The second-order valence-corrected chi connectivity index (χ2v) is 2.84. The van der Waals surface area contributed by atoms with Gasteiger partial charge < -0.3 is 10.3 Å². The van der Waals surface area contributed by atoms with Gasteiger partial charge in [0.15, 0.2) is 0 Å². The normalized spacial score (nSPS) is 9.29. The number of fused-ring (bicyclic) bond motifs is 1. The Hall–Kier alpha value is -0.770. The van der Waals surface area contributed by atoms with Crippen LogP contribution in [-0.2, 0) is 13.6 Å². The number of aryl methyl sites for hydroxylation is 1. The molecular weight excluding hydrogens is 221 g/mol. The number of aromatic nitrogens is 2. The molecule has 0 saturated heterocycles. The maximum atomic E-state index is 5.60. The van der Waals surface area contributed by atoms with E-state index < -0.39 is 0 Å². The van der Waals surface area contributed by atoms with Crippen LogP contribution >= 0.6 is 24.8 Å². The monoisotopic (exact) mass is 233 g/mol. The molecule has 3 nitrogen and oxygen atoms in total. The molecule has 1 aromatic carbocycles. The molecule has 0 atom stereocenters. The fourth-order valence-electron chi connectivity index (χ4n) is 1.46. The minimum Gasteiger partial charge on any atom is -0.333 e. The topological polar surface area (TPSA) is 43.8 Å². The molecule has 0 saturated carbocycles. The molecule has 14 heavy (non-hydrogen) atoms. The Kier molecular flexibility index (Phi) is 4.91. The van der Waals surface area contributed by atoms with Gasteiger partial charge in [0.2, 0.25) is 0 Å². The minimum absolute atomic E-state index is 0. The van der Waals surface area contributed by atoms with Gasteiger partial charge in [0, 0.05) is 13.6 Å². The van der Waals surface area contributed by atoms with Crippen LogP contribution in [0.3, 0.4) is 0 Å². The van der Waals surface area contributed by atoms with Crippen LogP contribution in [-0.4, -0.2) is 9.55 Å². The summed E-state index contributed by atoms with van der Waals surface area (Å²) in [6.45, 7) is 0.566. The molecule has 2 rings (SSSR count). The van der Waals surface area contributed by atoms with Crippen molar-refractivity contribution in [1.29, 1.82) is 0 Å². The summed E-state index contributed by atoms with van der Waals surface area (Å²) in [5.41, 5.74) is 8.90. The van der Waals surface area contributed by atoms with Crippen molar-refractivity contribution in [2.75, 3.05) is 0 Å². The Bertz CT molecular complexity index is 411. The summed E-state index contributed by atoms with van der Waals surface area (Å²) in [6, 6.07) is 6.01. The molecule has 0 spiro atoms. The smallest absolute Gasteiger partial charge is 0.0955 e. The van der Waals surface area contributed by atoms with Crippen LogP contribution in [0.25, 0.3) is 11.0 Å². The summed E-state index contributed by atoms with van der Waals surface area (Å²) < 4.78 is 2.00. The van der Waals surface area contributed by atoms with E-state index in [1.807, 2.05) is 36.1 Å². The average molecular weight is 234 g/mol. The SMILES string of the molecule is Cl.Cl.Cn1cnc2cccc(CN)c21. The van der Waals surface area contributed by atoms with Gasteiger partial charge in [-0.1, -0.05) is 12.1 Å². The van der Waals surface area contributed by atoms with Crippen LogP contribution < -0.4 is 5.73 Å². The van der Waals surface area contributed by atoms with E-state index in [0.717, 1.165) is 16.6 Å². The number of benzene rings is 1. The van der Waals surface area contributed by atoms with Gasteiger partial charge in [0.05, 0.1) is 17.4 Å². The van der Waals surface area contributed by atoms with E-state index in [0.29, 0.717) is 6.54 Å². The number of hydrogen-bond acceptors (Lipinski definition) is 2. The highest BCUT2D eigenvalue weighted by Gasteiger charge is 2.02. The lowest BCUT2D eigenvalue weighted by Gasteiger charge is -2.00. The van der Waals surface area contributed by atoms with Gasteiger partial charge in [-0.2, -0.15) is 0 Å². The first kappa shape index (κ1) is 13.2. The molecule has 78 valence electrons. The van der Waals surface area contributed by atoms with Gasteiger partial charge in [-0.3, -0.25) is 0 Å². The number of halogens is 2. The summed E-state index contributed by atoms with van der Waals surface area (Å²) >= 11 is 0. The largest absolute Gasteiger partial charge is 0.333 e. The lowest BCUT2D eigenvalue weighted by Crippen LogP contribution is -1.99. The number of hydrogen-bond donors (Lipinski definition) is 1. The Morgan fingerprint density at radius 2 is 2.07 bits per heavy atom. The minimum atomic E-state index is 0. The van der Waals surface area contributed by atoms with Crippen molar-refractivity contribution in [2.45, 2.75) is 6.54 Å². The third-order valence-corrected chi connectivity index (χ3v) is 2.04. The van der Waals surface area contributed by atoms with Crippen LogP contribution in [0.5, 0.6) is 0 Å². The van der Waals surface area contributed by atoms with E-state index >= 15 is 0 Å². The van der Waals surface area contributed by atoms with Gasteiger partial charge in [0.25, 0.3) is 0 Å². The van der Waals surface area contributed by atoms with Crippen LogP contribution in [0, 0.1) is 0 Å². The highest BCUT2D eigenvalue weighted by atomic mass is 35.5. The van der Waals surface area contributed by atoms with E-state index in [1.54, 1.807) is 0 Å². The first-order chi connectivity index (χ1) is 5.83. The van der Waals surface area contributed by atoms with Crippen LogP contribution in [0.1, 0.15) is 5.56 Å². The third kappa shape index (κ3) is 2.00. The molecule has 2 aromatic rings. The highest BCUT2D eigenvalue weighted by Crippen LogP contribution is 2.15. The second kappa shape index (κ2) is 5.20. The van der Waals surface area contributed by atoms with Crippen molar-refractivity contribution in [3.63, 3.8) is 0 Å². The predicted octanol–water partition coefficient (Wildman–Crippen LogP) is 1.88. The van der Waals surface area contributed by atoms with E-state index in [-0.39, 0.29) is 24.8 Å². The zero-order valence-corrected chi connectivity index (χ0v) is 9.44. The quantitative estimate of drug-likeness (QED) is 0.818. The molecule has 0 aliphatic heterocycles. The Morgan fingerprint density at radius 1 is 1.36 bits per heavy atom. The van der Waals surface area contributed by atoms with Gasteiger partial charge in [0.1, 0.15) is 0 Å². The highest BCUT2D eigenvalue weighted by molar-refractivity contribution is 5.85. The van der Waals surface area contributed by atoms with Crippen LogP contribution in [0.2, 0.25) is 0 Å². The van der Waals surface area contributed by atoms with Crippen LogP contribution in [0.4, 0.5) is 0 Å². The van der Waals surface area contributed by atoms with Crippen molar-refractivity contribution in [3.8, 4) is 0 Å². The van der Waals surface area contributed by atoms with Gasteiger partial charge in [-0.05, 0) is 11.6 Å². The van der Waals surface area contributed by atoms with E-state index in [4.69, 9.17) is 5.73 Å². The zero-order chi connectivity index (χ0) is 8.55. The van der Waals surface area contributed by atoms with Crippen molar-refractivity contribution < 1.29 is 0 Å². The third-order valence-electron chi connectivity index (χ3n) is 2.04. The standard InChI is InChI=1S/C9H11N3.2ClH/c1-12-6-11-8-4-2-3-7(5-10)9(8)12;;/h2-4,6H,5,10H2,1H3;2*1H. The van der Waals surface area contributed by atoms with Crippen molar-refractivity contribution in [1.82, 2.24) is 9.55 Å². The van der Waals surface area contributed by atoms with E-state index in [1.165, 1.54) is 0 Å². The molecule has 0 radical (unpaired) electrons. The number of rotatable bonds is 1. The van der Waals surface area contributed by atoms with Crippen molar-refractivity contribution in [2.24, 2.45) is 12.8 Å². The lowest BCUT2D eigenvalue weighted by molar-refractivity contribution is 0.933. The van der Waals surface area contributed by atoms with Gasteiger partial charge >= 0.3 is 0 Å². The first-order valence-electron chi connectivity index (χ1n) is 3.92. The first-order valence-corrected chi connectivity index (χ1v) is 3.92. The molecule has 2 N–H and O–H groups in total. The molecule has 0 amide bonds. The lowest BCUT2D eigenvalue weighted by atomic mass is 10.2. The zero-order valence-electron chi connectivity index (χ0n) is 7.80. The Balaban J connectivity index is 0.000000845.